The molecule has 39 heavy (non-hydrogen) atoms. The van der Waals surface area contributed by atoms with Gasteiger partial charge in [0.2, 0.25) is 5.95 Å². The highest BCUT2D eigenvalue weighted by Crippen LogP contribution is 2.29. The minimum Gasteiger partial charge on any atom is -0.324 e. The van der Waals surface area contributed by atoms with Gasteiger partial charge in [0.25, 0.3) is 0 Å². The average molecular weight is 545 g/mol. The number of halogens is 2. The summed E-state index contributed by atoms with van der Waals surface area (Å²) in [6, 6.07) is 9.50. The van der Waals surface area contributed by atoms with E-state index < -0.39 is 17.2 Å². The van der Waals surface area contributed by atoms with Crippen molar-refractivity contribution >= 4 is 34.1 Å². The first kappa shape index (κ1) is 25.8. The number of nitrogens with zero attached hydrogens (tertiary/aromatic N) is 7. The topological polar surface area (TPSA) is 123 Å². The third-order valence-corrected chi connectivity index (χ3v) is 6.59. The van der Waals surface area contributed by atoms with Crippen LogP contribution in [0, 0.1) is 31.0 Å². The molecule has 3 heterocycles. The maximum atomic E-state index is 14.2. The molecule has 12 heteroatoms. The molecule has 0 aliphatic carbocycles. The lowest BCUT2D eigenvalue weighted by Crippen LogP contribution is -2.42. The van der Waals surface area contributed by atoms with Crippen LogP contribution in [0.3, 0.4) is 0 Å². The Morgan fingerprint density at radius 3 is 2.64 bits per heavy atom. The summed E-state index contributed by atoms with van der Waals surface area (Å²) in [4.78, 5) is 35.2. The Kier molecular flexibility index (Phi) is 6.72. The largest absolute Gasteiger partial charge is 0.359 e. The molecule has 196 valence electrons. The fourth-order valence-electron chi connectivity index (χ4n) is 4.23. The highest BCUT2D eigenvalue weighted by Gasteiger charge is 2.19. The Morgan fingerprint density at radius 1 is 1.13 bits per heavy atom. The Bertz CT molecular complexity index is 1920. The second-order valence-electron chi connectivity index (χ2n) is 9.01. The first-order valence-corrected chi connectivity index (χ1v) is 12.3. The fourth-order valence-corrected chi connectivity index (χ4v) is 4.44. The van der Waals surface area contributed by atoms with Crippen molar-refractivity contribution in [1.82, 2.24) is 28.9 Å². The standard InChI is InChI=1S/C27H22ClFN8O2/c1-4-35-13-19-8-24(21(28)9-23(19)34-35)32-25-33-26(38)37(20-5-15(2)11-31-12-20)27(39)36(25)14-18-7-17(10-30)22(29)6-16(18)3/h5-9,11-13H,4,14H2,1-3H3,(H,32,33,38). The molecule has 0 saturated heterocycles. The van der Waals surface area contributed by atoms with Crippen LogP contribution in [-0.2, 0) is 13.1 Å². The van der Waals surface area contributed by atoms with Crippen LogP contribution in [0.1, 0.15) is 29.2 Å². The van der Waals surface area contributed by atoms with Gasteiger partial charge in [-0.3, -0.25) is 14.2 Å². The van der Waals surface area contributed by atoms with Gasteiger partial charge in [0.15, 0.2) is 0 Å². The number of hydrogen-bond donors (Lipinski definition) is 1. The van der Waals surface area contributed by atoms with Gasteiger partial charge in [0, 0.05) is 24.3 Å². The number of hydrogen-bond acceptors (Lipinski definition) is 7. The number of aromatic nitrogens is 6. The van der Waals surface area contributed by atoms with Crippen LogP contribution in [-0.4, -0.2) is 28.9 Å². The molecule has 0 atom stereocenters. The van der Waals surface area contributed by atoms with E-state index in [1.807, 2.05) is 19.2 Å². The van der Waals surface area contributed by atoms with Crippen molar-refractivity contribution in [1.29, 1.82) is 5.26 Å². The van der Waals surface area contributed by atoms with Crippen LogP contribution in [0.15, 0.2) is 58.5 Å². The van der Waals surface area contributed by atoms with Gasteiger partial charge in [-0.15, -0.1) is 0 Å². The molecule has 0 aliphatic heterocycles. The minimum absolute atomic E-state index is 0.0757. The molecule has 0 spiro atoms. The van der Waals surface area contributed by atoms with Gasteiger partial charge in [0.1, 0.15) is 11.9 Å². The van der Waals surface area contributed by atoms with Gasteiger partial charge >= 0.3 is 11.4 Å². The fraction of sp³-hybridized carbons (Fsp3) is 0.185. The van der Waals surface area contributed by atoms with Crippen molar-refractivity contribution in [2.24, 2.45) is 0 Å². The van der Waals surface area contributed by atoms with E-state index in [0.29, 0.717) is 33.9 Å². The summed E-state index contributed by atoms with van der Waals surface area (Å²) >= 11 is 6.53. The summed E-state index contributed by atoms with van der Waals surface area (Å²) in [5.41, 5.74) is 1.41. The number of anilines is 2. The van der Waals surface area contributed by atoms with Crippen LogP contribution in [0.5, 0.6) is 0 Å². The van der Waals surface area contributed by atoms with Crippen LogP contribution in [0.25, 0.3) is 16.6 Å². The molecule has 0 saturated carbocycles. The highest BCUT2D eigenvalue weighted by atomic mass is 35.5. The Balaban J connectivity index is 1.70. The van der Waals surface area contributed by atoms with Gasteiger partial charge in [-0.2, -0.15) is 15.3 Å². The summed E-state index contributed by atoms with van der Waals surface area (Å²) in [5.74, 6) is -0.737. The van der Waals surface area contributed by atoms with Crippen LogP contribution >= 0.6 is 11.6 Å². The Hall–Kier alpha value is -4.82. The molecule has 5 rings (SSSR count). The summed E-state index contributed by atoms with van der Waals surface area (Å²) in [5, 5.41) is 17.9. The summed E-state index contributed by atoms with van der Waals surface area (Å²) in [6.45, 7) is 5.98. The van der Waals surface area contributed by atoms with E-state index in [2.05, 4.69) is 20.4 Å². The van der Waals surface area contributed by atoms with Crippen molar-refractivity contribution in [2.45, 2.75) is 33.9 Å². The second kappa shape index (κ2) is 10.2. The molecule has 0 bridgehead atoms. The van der Waals surface area contributed by atoms with E-state index in [9.17, 15) is 19.2 Å². The molecular formula is C27H22ClFN8O2. The number of pyridine rings is 1. The molecule has 0 unspecified atom stereocenters. The molecular weight excluding hydrogens is 523 g/mol. The zero-order valence-corrected chi connectivity index (χ0v) is 22.0. The molecule has 0 fully saturated rings. The Labute approximate surface area is 226 Å². The lowest BCUT2D eigenvalue weighted by molar-refractivity contribution is 0.617. The third-order valence-electron chi connectivity index (χ3n) is 6.28. The van der Waals surface area contributed by atoms with E-state index in [1.54, 1.807) is 42.9 Å². The van der Waals surface area contributed by atoms with Crippen LogP contribution in [0.4, 0.5) is 16.0 Å². The monoisotopic (exact) mass is 544 g/mol. The average Bonchev–Trinajstić information content (AvgIpc) is 3.29. The molecule has 2 aromatic carbocycles. The minimum atomic E-state index is -0.823. The van der Waals surface area contributed by atoms with E-state index in [4.69, 9.17) is 11.6 Å². The first-order chi connectivity index (χ1) is 18.7. The number of nitrogens with one attached hydrogen (secondary N) is 1. The molecule has 3 aromatic heterocycles. The summed E-state index contributed by atoms with van der Waals surface area (Å²) < 4.78 is 18.1. The van der Waals surface area contributed by atoms with E-state index >= 15 is 0 Å². The smallest absolute Gasteiger partial charge is 0.324 e. The molecule has 1 N–H and O–H groups in total. The zero-order valence-electron chi connectivity index (χ0n) is 21.2. The van der Waals surface area contributed by atoms with Crippen molar-refractivity contribution < 1.29 is 4.39 Å². The van der Waals surface area contributed by atoms with Gasteiger partial charge in [-0.1, -0.05) is 11.6 Å². The molecule has 0 aliphatic rings. The van der Waals surface area contributed by atoms with E-state index in [0.717, 1.165) is 15.5 Å². The Morgan fingerprint density at radius 2 is 1.92 bits per heavy atom. The quantitative estimate of drug-likeness (QED) is 0.339. The van der Waals surface area contributed by atoms with E-state index in [-0.39, 0.29) is 23.7 Å². The van der Waals surface area contributed by atoms with Crippen molar-refractivity contribution in [2.75, 3.05) is 5.32 Å². The predicted octanol–water partition coefficient (Wildman–Crippen LogP) is 4.23. The highest BCUT2D eigenvalue weighted by molar-refractivity contribution is 6.34. The number of benzene rings is 2. The maximum Gasteiger partial charge on any atom is 0.359 e. The van der Waals surface area contributed by atoms with Gasteiger partial charge in [0.05, 0.1) is 40.2 Å². The number of nitriles is 1. The first-order valence-electron chi connectivity index (χ1n) is 12.0. The number of aryl methyl sites for hydroxylation is 3. The van der Waals surface area contributed by atoms with Crippen molar-refractivity contribution in [3.05, 3.63) is 103 Å². The second-order valence-corrected chi connectivity index (χ2v) is 9.42. The normalized spacial score (nSPS) is 11.1. The third kappa shape index (κ3) is 4.89. The zero-order chi connectivity index (χ0) is 27.8. The maximum absolute atomic E-state index is 14.2. The van der Waals surface area contributed by atoms with Crippen molar-refractivity contribution in [3.63, 3.8) is 0 Å². The predicted molar refractivity (Wildman–Crippen MR) is 145 cm³/mol. The van der Waals surface area contributed by atoms with Gasteiger partial charge in [-0.05, 0) is 67.8 Å². The number of fused-ring (bicyclic) bond motifs is 1. The summed E-state index contributed by atoms with van der Waals surface area (Å²) in [6.07, 6.45) is 4.84. The lowest BCUT2D eigenvalue weighted by Gasteiger charge is -2.17. The van der Waals surface area contributed by atoms with Crippen LogP contribution < -0.4 is 16.7 Å². The van der Waals surface area contributed by atoms with Gasteiger partial charge < -0.3 is 5.32 Å². The van der Waals surface area contributed by atoms with Crippen molar-refractivity contribution in [3.8, 4) is 11.8 Å². The summed E-state index contributed by atoms with van der Waals surface area (Å²) in [7, 11) is 0. The van der Waals surface area contributed by atoms with E-state index in [1.165, 1.54) is 22.9 Å². The SMILES string of the molecule is CCn1cc2cc(Nc3nc(=O)n(-c4cncc(C)c4)c(=O)n3Cc3cc(C#N)c(F)cc3C)c(Cl)cc2n1. The molecule has 0 radical (unpaired) electrons. The molecule has 10 nitrogen and oxygen atoms in total. The van der Waals surface area contributed by atoms with Crippen LogP contribution in [0.2, 0.25) is 5.02 Å². The molecule has 0 amide bonds. The number of rotatable bonds is 6. The lowest BCUT2D eigenvalue weighted by atomic mass is 10.0. The molecule has 5 aromatic rings. The van der Waals surface area contributed by atoms with Gasteiger partial charge in [-0.25, -0.2) is 18.5 Å².